The minimum atomic E-state index is -0.834. The Balaban J connectivity index is 1.89. The standard InChI is InChI=1S/C21H20O4/c1-9-4-5-12-11(9)6-7-14-15(12)18(23)19-16-13(8-25-19)17(22)10(2)20(24)21(14,16)3/h6-8,10,17,20,22,24H,1,4-5H2,2-3H3/t10-,17+,20-,21-/m1/s1. The second kappa shape index (κ2) is 4.51. The van der Waals surface area contributed by atoms with Gasteiger partial charge in [-0.25, -0.2) is 0 Å². The number of hydrogen-bond donors (Lipinski definition) is 2. The van der Waals surface area contributed by atoms with Crippen molar-refractivity contribution in [2.45, 2.75) is 44.3 Å². The highest BCUT2D eigenvalue weighted by atomic mass is 16.3. The molecule has 0 radical (unpaired) electrons. The van der Waals surface area contributed by atoms with Crippen molar-refractivity contribution in [1.29, 1.82) is 0 Å². The quantitative estimate of drug-likeness (QED) is 0.775. The first-order valence-electron chi connectivity index (χ1n) is 8.74. The molecular weight excluding hydrogens is 316 g/mol. The Morgan fingerprint density at radius 3 is 2.80 bits per heavy atom. The number of aliphatic hydroxyl groups is 2. The summed E-state index contributed by atoms with van der Waals surface area (Å²) < 4.78 is 5.63. The molecule has 0 unspecified atom stereocenters. The Hall–Kier alpha value is -2.17. The smallest absolute Gasteiger partial charge is 0.229 e. The minimum Gasteiger partial charge on any atom is -0.460 e. The van der Waals surface area contributed by atoms with Gasteiger partial charge in [-0.1, -0.05) is 25.6 Å². The molecule has 1 heterocycles. The summed E-state index contributed by atoms with van der Waals surface area (Å²) in [5.41, 5.74) is 5.13. The molecule has 4 atom stereocenters. The molecule has 3 aliphatic rings. The van der Waals surface area contributed by atoms with Crippen molar-refractivity contribution in [1.82, 2.24) is 0 Å². The van der Waals surface area contributed by atoms with Gasteiger partial charge in [-0.2, -0.15) is 0 Å². The molecule has 25 heavy (non-hydrogen) atoms. The van der Waals surface area contributed by atoms with Crippen LogP contribution < -0.4 is 0 Å². The van der Waals surface area contributed by atoms with E-state index in [4.69, 9.17) is 4.42 Å². The van der Waals surface area contributed by atoms with E-state index in [0.717, 1.165) is 35.1 Å². The van der Waals surface area contributed by atoms with Crippen LogP contribution in [0.4, 0.5) is 0 Å². The number of fused-ring (bicyclic) bond motifs is 4. The highest BCUT2D eigenvalue weighted by molar-refractivity contribution is 6.13. The summed E-state index contributed by atoms with van der Waals surface area (Å²) in [6.45, 7) is 7.90. The maximum absolute atomic E-state index is 13.2. The van der Waals surface area contributed by atoms with Gasteiger partial charge in [0.2, 0.25) is 5.78 Å². The maximum atomic E-state index is 13.2. The highest BCUT2D eigenvalue weighted by Gasteiger charge is 2.55. The number of benzene rings is 1. The van der Waals surface area contributed by atoms with E-state index in [1.165, 1.54) is 6.26 Å². The van der Waals surface area contributed by atoms with Gasteiger partial charge in [0.25, 0.3) is 0 Å². The number of ketones is 1. The first-order valence-corrected chi connectivity index (χ1v) is 8.74. The van der Waals surface area contributed by atoms with Crippen molar-refractivity contribution in [3.05, 3.63) is 64.1 Å². The van der Waals surface area contributed by atoms with Crippen molar-refractivity contribution in [3.8, 4) is 0 Å². The molecule has 5 rings (SSSR count). The number of aliphatic hydroxyl groups excluding tert-OH is 2. The van der Waals surface area contributed by atoms with Crippen LogP contribution >= 0.6 is 0 Å². The second-order valence-electron chi connectivity index (χ2n) is 7.79. The Morgan fingerprint density at radius 2 is 2.04 bits per heavy atom. The van der Waals surface area contributed by atoms with E-state index in [1.807, 2.05) is 26.0 Å². The molecule has 0 saturated heterocycles. The molecule has 4 nitrogen and oxygen atoms in total. The Labute approximate surface area is 145 Å². The van der Waals surface area contributed by atoms with Crippen LogP contribution in [0, 0.1) is 5.92 Å². The minimum absolute atomic E-state index is 0.144. The number of carbonyl (C=O) groups is 1. The lowest BCUT2D eigenvalue weighted by atomic mass is 9.58. The molecule has 2 aromatic rings. The molecule has 0 saturated carbocycles. The predicted molar refractivity (Wildman–Crippen MR) is 92.5 cm³/mol. The normalized spacial score (nSPS) is 32.4. The SMILES string of the molecule is C=C1CCc2c1ccc1c2C(=O)c2occ3c2[C@]1(C)[C@H](O)[C@H](C)[C@@H]3O. The van der Waals surface area contributed by atoms with Crippen LogP contribution in [0.1, 0.15) is 70.3 Å². The lowest BCUT2D eigenvalue weighted by Gasteiger charge is -2.47. The van der Waals surface area contributed by atoms with Crippen molar-refractivity contribution in [2.24, 2.45) is 5.92 Å². The molecule has 0 spiro atoms. The van der Waals surface area contributed by atoms with Gasteiger partial charge in [-0.15, -0.1) is 0 Å². The van der Waals surface area contributed by atoms with E-state index in [2.05, 4.69) is 6.58 Å². The zero-order valence-corrected chi connectivity index (χ0v) is 14.3. The summed E-state index contributed by atoms with van der Waals surface area (Å²) in [7, 11) is 0. The van der Waals surface area contributed by atoms with Crippen molar-refractivity contribution in [3.63, 3.8) is 0 Å². The Bertz CT molecular complexity index is 967. The molecule has 2 N–H and O–H groups in total. The van der Waals surface area contributed by atoms with Gasteiger partial charge in [-0.3, -0.25) is 4.79 Å². The summed E-state index contributed by atoms with van der Waals surface area (Å²) in [5, 5.41) is 21.6. The first-order chi connectivity index (χ1) is 11.9. The average Bonchev–Trinajstić information content (AvgIpc) is 3.21. The third-order valence-electron chi connectivity index (χ3n) is 6.61. The first kappa shape index (κ1) is 15.1. The lowest BCUT2D eigenvalue weighted by molar-refractivity contribution is -0.0256. The third kappa shape index (κ3) is 1.53. The molecule has 0 aliphatic heterocycles. The topological polar surface area (TPSA) is 70.7 Å². The fraction of sp³-hybridized carbons (Fsp3) is 0.381. The monoisotopic (exact) mass is 336 g/mol. The predicted octanol–water partition coefficient (Wildman–Crippen LogP) is 3.13. The summed E-state index contributed by atoms with van der Waals surface area (Å²) in [6.07, 6.45) is 1.49. The summed E-state index contributed by atoms with van der Waals surface area (Å²) in [6, 6.07) is 3.98. The van der Waals surface area contributed by atoms with E-state index in [1.54, 1.807) is 0 Å². The summed E-state index contributed by atoms with van der Waals surface area (Å²) >= 11 is 0. The van der Waals surface area contributed by atoms with Crippen LogP contribution in [0.3, 0.4) is 0 Å². The molecule has 4 heteroatoms. The second-order valence-corrected chi connectivity index (χ2v) is 7.79. The third-order valence-corrected chi connectivity index (χ3v) is 6.61. The fourth-order valence-electron chi connectivity index (χ4n) is 5.17. The molecule has 0 bridgehead atoms. The van der Waals surface area contributed by atoms with E-state index in [-0.39, 0.29) is 17.5 Å². The van der Waals surface area contributed by atoms with Gasteiger partial charge >= 0.3 is 0 Å². The van der Waals surface area contributed by atoms with Crippen LogP contribution in [-0.2, 0) is 11.8 Å². The van der Waals surface area contributed by atoms with Gasteiger partial charge in [0.05, 0.1) is 18.5 Å². The van der Waals surface area contributed by atoms with Crippen molar-refractivity contribution < 1.29 is 19.4 Å². The largest absolute Gasteiger partial charge is 0.460 e. The average molecular weight is 336 g/mol. The van der Waals surface area contributed by atoms with Crippen molar-refractivity contribution in [2.75, 3.05) is 0 Å². The number of allylic oxidation sites excluding steroid dienone is 1. The van der Waals surface area contributed by atoms with Crippen molar-refractivity contribution >= 4 is 11.4 Å². The zero-order chi connectivity index (χ0) is 17.7. The number of furan rings is 1. The lowest BCUT2D eigenvalue weighted by Crippen LogP contribution is -2.51. The number of hydrogen-bond acceptors (Lipinski definition) is 4. The highest BCUT2D eigenvalue weighted by Crippen LogP contribution is 2.55. The molecule has 128 valence electrons. The Morgan fingerprint density at radius 1 is 1.28 bits per heavy atom. The van der Waals surface area contributed by atoms with E-state index >= 15 is 0 Å². The van der Waals surface area contributed by atoms with Gasteiger partial charge in [0.15, 0.2) is 5.76 Å². The van der Waals surface area contributed by atoms with E-state index in [0.29, 0.717) is 16.7 Å². The molecule has 0 amide bonds. The fourth-order valence-corrected chi connectivity index (χ4v) is 5.17. The van der Waals surface area contributed by atoms with Crippen LogP contribution in [-0.4, -0.2) is 22.1 Å². The number of carbonyl (C=O) groups excluding carboxylic acids is 1. The van der Waals surface area contributed by atoms with Gasteiger partial charge in [-0.05, 0) is 42.0 Å². The van der Waals surface area contributed by atoms with Crippen LogP contribution in [0.25, 0.3) is 5.57 Å². The molecule has 1 aromatic heterocycles. The van der Waals surface area contributed by atoms with Gasteiger partial charge in [0.1, 0.15) is 0 Å². The van der Waals surface area contributed by atoms with Crippen LogP contribution in [0.2, 0.25) is 0 Å². The molecule has 0 fully saturated rings. The Kier molecular flexibility index (Phi) is 2.73. The van der Waals surface area contributed by atoms with Crippen LogP contribution in [0.15, 0.2) is 29.4 Å². The molecule has 3 aliphatic carbocycles. The molecule has 1 aromatic carbocycles. The maximum Gasteiger partial charge on any atom is 0.229 e. The van der Waals surface area contributed by atoms with Gasteiger partial charge in [0, 0.05) is 28.0 Å². The van der Waals surface area contributed by atoms with Gasteiger partial charge < -0.3 is 14.6 Å². The van der Waals surface area contributed by atoms with E-state index < -0.39 is 17.6 Å². The number of rotatable bonds is 0. The molecular formula is C21H20O4. The van der Waals surface area contributed by atoms with Crippen LogP contribution in [0.5, 0.6) is 0 Å². The van der Waals surface area contributed by atoms with E-state index in [9.17, 15) is 15.0 Å². The summed E-state index contributed by atoms with van der Waals surface area (Å²) in [4.78, 5) is 13.2. The zero-order valence-electron chi connectivity index (χ0n) is 14.3. The summed E-state index contributed by atoms with van der Waals surface area (Å²) in [5.74, 6) is -0.234.